The lowest BCUT2D eigenvalue weighted by Crippen LogP contribution is -2.51. The molecule has 6 nitrogen and oxygen atoms in total. The molecule has 1 aromatic carbocycles. The quantitative estimate of drug-likeness (QED) is 0.868. The number of benzene rings is 1. The van der Waals surface area contributed by atoms with Gasteiger partial charge in [-0.3, -0.25) is 9.10 Å². The van der Waals surface area contributed by atoms with Crippen LogP contribution in [0, 0.1) is 5.92 Å². The molecule has 1 aromatic rings. The van der Waals surface area contributed by atoms with Crippen molar-refractivity contribution in [2.75, 3.05) is 23.1 Å². The molecule has 1 fully saturated rings. The summed E-state index contributed by atoms with van der Waals surface area (Å²) in [6, 6.07) is 6.95. The van der Waals surface area contributed by atoms with Gasteiger partial charge in [0, 0.05) is 6.54 Å². The molecule has 25 heavy (non-hydrogen) atoms. The standard InChI is InChI=1S/C18H26N2O4S/c1-2-25(22,23)20-13-17(24-16-11-7-6-10-15(16)20)18(21)19-12-14-8-4-3-5-9-14/h6-7,10-11,14,17H,2-5,8-9,12-13H2,1H3,(H,19,21)/t17-/m0/s1. The van der Waals surface area contributed by atoms with Gasteiger partial charge in [-0.15, -0.1) is 0 Å². The van der Waals surface area contributed by atoms with E-state index in [1.165, 1.54) is 23.6 Å². The van der Waals surface area contributed by atoms with E-state index >= 15 is 0 Å². The van der Waals surface area contributed by atoms with Crippen molar-refractivity contribution in [2.45, 2.75) is 45.1 Å². The summed E-state index contributed by atoms with van der Waals surface area (Å²) in [7, 11) is -3.46. The minimum atomic E-state index is -3.46. The summed E-state index contributed by atoms with van der Waals surface area (Å²) in [4.78, 5) is 12.6. The second-order valence-corrected chi connectivity index (χ2v) is 8.94. The molecule has 1 saturated carbocycles. The molecule has 0 unspecified atom stereocenters. The number of hydrogen-bond donors (Lipinski definition) is 1. The highest BCUT2D eigenvalue weighted by Gasteiger charge is 2.35. The number of ether oxygens (including phenoxy) is 1. The van der Waals surface area contributed by atoms with Crippen molar-refractivity contribution in [3.05, 3.63) is 24.3 Å². The molecule has 138 valence electrons. The van der Waals surface area contributed by atoms with Crippen molar-refractivity contribution in [3.63, 3.8) is 0 Å². The van der Waals surface area contributed by atoms with Crippen LogP contribution in [0.15, 0.2) is 24.3 Å². The van der Waals surface area contributed by atoms with Crippen LogP contribution in [-0.2, 0) is 14.8 Å². The average Bonchev–Trinajstić information content (AvgIpc) is 2.66. The lowest BCUT2D eigenvalue weighted by Gasteiger charge is -2.34. The number of sulfonamides is 1. The minimum absolute atomic E-state index is 0.0161. The third-order valence-electron chi connectivity index (χ3n) is 5.02. The first-order chi connectivity index (χ1) is 12.0. The molecular weight excluding hydrogens is 340 g/mol. The highest BCUT2D eigenvalue weighted by atomic mass is 32.2. The van der Waals surface area contributed by atoms with E-state index in [0.29, 0.717) is 23.9 Å². The summed E-state index contributed by atoms with van der Waals surface area (Å²) in [5.41, 5.74) is 0.501. The maximum atomic E-state index is 12.6. The van der Waals surface area contributed by atoms with Gasteiger partial charge in [0.15, 0.2) is 6.10 Å². The molecule has 0 aromatic heterocycles. The molecule has 2 aliphatic rings. The lowest BCUT2D eigenvalue weighted by atomic mass is 9.89. The molecule has 0 spiro atoms. The van der Waals surface area contributed by atoms with Crippen LogP contribution in [0.4, 0.5) is 5.69 Å². The molecule has 1 aliphatic carbocycles. The summed E-state index contributed by atoms with van der Waals surface area (Å²) in [6.45, 7) is 2.26. The Morgan fingerprint density at radius 2 is 1.96 bits per heavy atom. The summed E-state index contributed by atoms with van der Waals surface area (Å²) in [6.07, 6.45) is 5.18. The molecule has 1 N–H and O–H groups in total. The van der Waals surface area contributed by atoms with Crippen molar-refractivity contribution in [1.29, 1.82) is 0 Å². The summed E-state index contributed by atoms with van der Waals surface area (Å²) >= 11 is 0. The number of carbonyl (C=O) groups excluding carboxylic acids is 1. The number of fused-ring (bicyclic) bond motifs is 1. The van der Waals surface area contributed by atoms with E-state index < -0.39 is 16.1 Å². The Labute approximate surface area is 149 Å². The first kappa shape index (κ1) is 18.0. The van der Waals surface area contributed by atoms with Crippen LogP contribution in [0.25, 0.3) is 0 Å². The second kappa shape index (κ2) is 7.64. The Bertz CT molecular complexity index is 714. The predicted octanol–water partition coefficient (Wildman–Crippen LogP) is 2.30. The van der Waals surface area contributed by atoms with Crippen molar-refractivity contribution < 1.29 is 17.9 Å². The SMILES string of the molecule is CCS(=O)(=O)N1C[C@@H](C(=O)NCC2CCCCC2)Oc2ccccc21. The van der Waals surface area contributed by atoms with Crippen LogP contribution >= 0.6 is 0 Å². The van der Waals surface area contributed by atoms with E-state index in [1.807, 2.05) is 0 Å². The van der Waals surface area contributed by atoms with Crippen LogP contribution in [0.3, 0.4) is 0 Å². The number of nitrogens with zero attached hydrogens (tertiary/aromatic N) is 1. The highest BCUT2D eigenvalue weighted by molar-refractivity contribution is 7.92. The van der Waals surface area contributed by atoms with Crippen LogP contribution in [0.1, 0.15) is 39.0 Å². The van der Waals surface area contributed by atoms with E-state index in [1.54, 1.807) is 31.2 Å². The molecule has 1 amide bonds. The Kier molecular flexibility index (Phi) is 5.51. The first-order valence-electron chi connectivity index (χ1n) is 9.05. The van der Waals surface area contributed by atoms with Gasteiger partial charge >= 0.3 is 0 Å². The molecular formula is C18H26N2O4S. The number of rotatable bonds is 5. The van der Waals surface area contributed by atoms with Crippen LogP contribution in [0.2, 0.25) is 0 Å². The smallest absolute Gasteiger partial charge is 0.263 e. The number of amides is 1. The van der Waals surface area contributed by atoms with Crippen LogP contribution in [0.5, 0.6) is 5.75 Å². The zero-order chi connectivity index (χ0) is 17.9. The maximum Gasteiger partial charge on any atom is 0.263 e. The van der Waals surface area contributed by atoms with Gasteiger partial charge in [-0.25, -0.2) is 8.42 Å². The fraction of sp³-hybridized carbons (Fsp3) is 0.611. The van der Waals surface area contributed by atoms with Gasteiger partial charge in [-0.05, 0) is 37.8 Å². The lowest BCUT2D eigenvalue weighted by molar-refractivity contribution is -0.128. The summed E-state index contributed by atoms with van der Waals surface area (Å²) in [5.74, 6) is 0.696. The second-order valence-electron chi connectivity index (χ2n) is 6.76. The van der Waals surface area contributed by atoms with Crippen molar-refractivity contribution >= 4 is 21.6 Å². The molecule has 1 atom stereocenters. The Balaban J connectivity index is 1.71. The molecule has 3 rings (SSSR count). The predicted molar refractivity (Wildman–Crippen MR) is 97.2 cm³/mol. The highest BCUT2D eigenvalue weighted by Crippen LogP contribution is 2.35. The van der Waals surface area contributed by atoms with E-state index in [0.717, 1.165) is 12.8 Å². The van der Waals surface area contributed by atoms with Gasteiger partial charge in [0.2, 0.25) is 10.0 Å². The fourth-order valence-corrected chi connectivity index (χ4v) is 4.63. The number of hydrogen-bond acceptors (Lipinski definition) is 4. The van der Waals surface area contributed by atoms with Gasteiger partial charge in [0.05, 0.1) is 18.0 Å². The van der Waals surface area contributed by atoms with E-state index in [4.69, 9.17) is 4.74 Å². The van der Waals surface area contributed by atoms with Gasteiger partial charge in [0.25, 0.3) is 5.91 Å². The van der Waals surface area contributed by atoms with Gasteiger partial charge < -0.3 is 10.1 Å². The maximum absolute atomic E-state index is 12.6. The summed E-state index contributed by atoms with van der Waals surface area (Å²) in [5, 5.41) is 2.96. The number of para-hydroxylation sites is 2. The van der Waals surface area contributed by atoms with Crippen molar-refractivity contribution in [2.24, 2.45) is 5.92 Å². The number of nitrogens with one attached hydrogen (secondary N) is 1. The molecule has 0 saturated heterocycles. The van der Waals surface area contributed by atoms with E-state index in [2.05, 4.69) is 5.32 Å². The van der Waals surface area contributed by atoms with E-state index in [-0.39, 0.29) is 18.2 Å². The number of anilines is 1. The molecule has 1 heterocycles. The van der Waals surface area contributed by atoms with E-state index in [9.17, 15) is 13.2 Å². The Morgan fingerprint density at radius 1 is 1.24 bits per heavy atom. The third kappa shape index (κ3) is 4.08. The largest absolute Gasteiger partial charge is 0.476 e. The topological polar surface area (TPSA) is 75.7 Å². The molecule has 0 bridgehead atoms. The van der Waals surface area contributed by atoms with Crippen LogP contribution < -0.4 is 14.4 Å². The summed E-state index contributed by atoms with van der Waals surface area (Å²) < 4.78 is 31.9. The average molecular weight is 366 g/mol. The number of carbonyl (C=O) groups is 1. The zero-order valence-corrected chi connectivity index (χ0v) is 15.4. The Morgan fingerprint density at radius 3 is 2.68 bits per heavy atom. The zero-order valence-electron chi connectivity index (χ0n) is 14.6. The molecule has 7 heteroatoms. The van der Waals surface area contributed by atoms with Gasteiger partial charge in [0.1, 0.15) is 5.75 Å². The third-order valence-corrected chi connectivity index (χ3v) is 6.76. The Hall–Kier alpha value is -1.76. The first-order valence-corrected chi connectivity index (χ1v) is 10.7. The van der Waals surface area contributed by atoms with Crippen molar-refractivity contribution in [3.8, 4) is 5.75 Å². The minimum Gasteiger partial charge on any atom is -0.476 e. The van der Waals surface area contributed by atoms with Crippen LogP contribution in [-0.4, -0.2) is 39.3 Å². The molecule has 1 aliphatic heterocycles. The fourth-order valence-electron chi connectivity index (χ4n) is 3.51. The van der Waals surface area contributed by atoms with Gasteiger partial charge in [-0.1, -0.05) is 31.4 Å². The van der Waals surface area contributed by atoms with Gasteiger partial charge in [-0.2, -0.15) is 0 Å². The normalized spacial score (nSPS) is 21.3. The molecule has 0 radical (unpaired) electrons. The monoisotopic (exact) mass is 366 g/mol. The van der Waals surface area contributed by atoms with Crippen molar-refractivity contribution in [1.82, 2.24) is 5.32 Å².